The van der Waals surface area contributed by atoms with Crippen molar-refractivity contribution in [2.45, 2.75) is 0 Å². The van der Waals surface area contributed by atoms with Gasteiger partial charge in [-0.05, 0) is 35.9 Å². The average Bonchev–Trinajstić information content (AvgIpc) is 2.73. The van der Waals surface area contributed by atoms with Crippen molar-refractivity contribution >= 4 is 22.4 Å². The molecule has 0 fully saturated rings. The molecular formula is C22H18N6O. The smallest absolute Gasteiger partial charge is 0.191 e. The molecule has 4 rings (SSSR count). The van der Waals surface area contributed by atoms with Gasteiger partial charge in [0.1, 0.15) is 5.65 Å². The Labute approximate surface area is 166 Å². The first-order valence-electron chi connectivity index (χ1n) is 8.89. The van der Waals surface area contributed by atoms with E-state index in [1.807, 2.05) is 18.2 Å². The Morgan fingerprint density at radius 1 is 1.10 bits per heavy atom. The zero-order chi connectivity index (χ0) is 20.5. The summed E-state index contributed by atoms with van der Waals surface area (Å²) in [6, 6.07) is 18.1. The molecule has 0 unspecified atom stereocenters. The molecule has 0 aliphatic rings. The summed E-state index contributed by atoms with van der Waals surface area (Å²) in [6.45, 7) is 0. The second kappa shape index (κ2) is 7.11. The van der Waals surface area contributed by atoms with Crippen LogP contribution in [0.4, 0.5) is 11.4 Å². The number of pyridine rings is 2. The highest BCUT2D eigenvalue weighted by Gasteiger charge is 2.15. The van der Waals surface area contributed by atoms with E-state index in [9.17, 15) is 10.1 Å². The van der Waals surface area contributed by atoms with Crippen molar-refractivity contribution in [3.05, 3.63) is 76.6 Å². The third-order valence-corrected chi connectivity index (χ3v) is 4.73. The highest BCUT2D eigenvalue weighted by Crippen LogP contribution is 2.35. The quantitative estimate of drug-likeness (QED) is 0.284. The van der Waals surface area contributed by atoms with Gasteiger partial charge in [-0.2, -0.15) is 5.26 Å². The van der Waals surface area contributed by atoms with Crippen LogP contribution in [0.3, 0.4) is 0 Å². The number of aromatic amines is 1. The van der Waals surface area contributed by atoms with E-state index in [4.69, 9.17) is 16.6 Å². The number of H-pyrrole nitrogens is 1. The number of nitrogens with two attached hydrogens (primary N) is 2. The number of hydrazine groups is 1. The van der Waals surface area contributed by atoms with Gasteiger partial charge < -0.3 is 15.7 Å². The highest BCUT2D eigenvalue weighted by molar-refractivity contribution is 5.91. The number of anilines is 2. The molecule has 7 nitrogen and oxygen atoms in total. The predicted molar refractivity (Wildman–Crippen MR) is 115 cm³/mol. The van der Waals surface area contributed by atoms with Crippen LogP contribution < -0.4 is 22.0 Å². The zero-order valence-electron chi connectivity index (χ0n) is 15.7. The third kappa shape index (κ3) is 3.29. The summed E-state index contributed by atoms with van der Waals surface area (Å²) < 4.78 is 0. The lowest BCUT2D eigenvalue weighted by molar-refractivity contribution is 1.02. The number of hydrogen-bond acceptors (Lipinski definition) is 6. The molecule has 0 radical (unpaired) electrons. The van der Waals surface area contributed by atoms with Gasteiger partial charge in [-0.3, -0.25) is 4.79 Å². The molecule has 2 heterocycles. The molecule has 0 spiro atoms. The summed E-state index contributed by atoms with van der Waals surface area (Å²) >= 11 is 0. The summed E-state index contributed by atoms with van der Waals surface area (Å²) in [4.78, 5) is 20.1. The monoisotopic (exact) mass is 382 g/mol. The fourth-order valence-electron chi connectivity index (χ4n) is 3.29. The van der Waals surface area contributed by atoms with Crippen molar-refractivity contribution in [2.75, 3.05) is 17.8 Å². The van der Waals surface area contributed by atoms with Gasteiger partial charge in [-0.25, -0.2) is 10.8 Å². The van der Waals surface area contributed by atoms with Crippen LogP contribution in [-0.2, 0) is 0 Å². The van der Waals surface area contributed by atoms with E-state index in [0.29, 0.717) is 33.7 Å². The number of nitrogens with one attached hydrogen (secondary N) is 1. The lowest BCUT2D eigenvalue weighted by atomic mass is 9.96. The maximum atomic E-state index is 12.4. The number of benzene rings is 2. The molecule has 0 aliphatic carbocycles. The average molecular weight is 382 g/mol. The Morgan fingerprint density at radius 2 is 1.93 bits per heavy atom. The molecule has 0 aliphatic heterocycles. The maximum Gasteiger partial charge on any atom is 0.191 e. The minimum atomic E-state index is -0.128. The van der Waals surface area contributed by atoms with Gasteiger partial charge in [-0.15, -0.1) is 0 Å². The third-order valence-electron chi connectivity index (χ3n) is 4.73. The van der Waals surface area contributed by atoms with Gasteiger partial charge >= 0.3 is 0 Å². The van der Waals surface area contributed by atoms with Crippen LogP contribution in [-0.4, -0.2) is 17.0 Å². The number of aromatic nitrogens is 2. The second-order valence-corrected chi connectivity index (χ2v) is 6.70. The van der Waals surface area contributed by atoms with Gasteiger partial charge in [0, 0.05) is 30.4 Å². The Morgan fingerprint density at radius 3 is 2.69 bits per heavy atom. The number of fused-ring (bicyclic) bond motifs is 1. The summed E-state index contributed by atoms with van der Waals surface area (Å²) in [5.74, 6) is 5.91. The number of hydrogen-bond donors (Lipinski definition) is 3. The molecule has 142 valence electrons. The Kier molecular flexibility index (Phi) is 4.47. The maximum absolute atomic E-state index is 12.4. The van der Waals surface area contributed by atoms with Gasteiger partial charge in [0.05, 0.1) is 34.1 Å². The van der Waals surface area contributed by atoms with Crippen LogP contribution in [0.2, 0.25) is 0 Å². The molecule has 2 aromatic heterocycles. The number of nitrogen functional groups attached to an aromatic ring is 1. The van der Waals surface area contributed by atoms with E-state index in [2.05, 4.69) is 11.1 Å². The first-order valence-corrected chi connectivity index (χ1v) is 8.89. The minimum absolute atomic E-state index is 0.128. The topological polar surface area (TPSA) is 125 Å². The molecule has 29 heavy (non-hydrogen) atoms. The van der Waals surface area contributed by atoms with Gasteiger partial charge in [0.15, 0.2) is 5.43 Å². The molecule has 0 atom stereocenters. The summed E-state index contributed by atoms with van der Waals surface area (Å²) in [7, 11) is 1.70. The van der Waals surface area contributed by atoms with Crippen molar-refractivity contribution in [2.24, 2.45) is 5.84 Å². The number of nitrogens with zero attached hydrogens (tertiary/aromatic N) is 3. The van der Waals surface area contributed by atoms with Crippen molar-refractivity contribution in [3.63, 3.8) is 0 Å². The fourth-order valence-corrected chi connectivity index (χ4v) is 3.29. The highest BCUT2D eigenvalue weighted by atomic mass is 16.1. The lowest BCUT2D eigenvalue weighted by Crippen LogP contribution is -2.26. The summed E-state index contributed by atoms with van der Waals surface area (Å²) in [6.07, 6.45) is 1.57. The van der Waals surface area contributed by atoms with E-state index in [1.54, 1.807) is 43.6 Å². The SMILES string of the molecule is CN(N)c1cc(-c2cc3c(=O)cc[nH]c3nc2-c2cccc(C#N)c2)ccc1N. The molecule has 0 saturated carbocycles. The van der Waals surface area contributed by atoms with Crippen LogP contribution >= 0.6 is 0 Å². The second-order valence-electron chi connectivity index (χ2n) is 6.70. The van der Waals surface area contributed by atoms with Crippen molar-refractivity contribution in [3.8, 4) is 28.5 Å². The van der Waals surface area contributed by atoms with E-state index in [-0.39, 0.29) is 5.43 Å². The number of rotatable bonds is 3. The number of nitriles is 1. The van der Waals surface area contributed by atoms with Gasteiger partial charge in [0.2, 0.25) is 0 Å². The van der Waals surface area contributed by atoms with E-state index >= 15 is 0 Å². The Bertz CT molecular complexity index is 1330. The van der Waals surface area contributed by atoms with Crippen LogP contribution in [0.5, 0.6) is 0 Å². The summed E-state index contributed by atoms with van der Waals surface area (Å²) in [5, 5.41) is 11.2. The fraction of sp³-hybridized carbons (Fsp3) is 0.0455. The van der Waals surface area contributed by atoms with E-state index in [0.717, 1.165) is 16.7 Å². The molecule has 4 aromatic rings. The lowest BCUT2D eigenvalue weighted by Gasteiger charge is -2.17. The van der Waals surface area contributed by atoms with Gasteiger partial charge in [0.25, 0.3) is 0 Å². The molecule has 0 saturated heterocycles. The Balaban J connectivity index is 2.06. The molecule has 2 aromatic carbocycles. The van der Waals surface area contributed by atoms with E-state index in [1.165, 1.54) is 11.1 Å². The summed E-state index contributed by atoms with van der Waals surface area (Å²) in [5.41, 5.74) is 11.1. The van der Waals surface area contributed by atoms with Crippen molar-refractivity contribution < 1.29 is 0 Å². The largest absolute Gasteiger partial charge is 0.397 e. The Hall–Kier alpha value is -4.15. The van der Waals surface area contributed by atoms with Crippen LogP contribution in [0, 0.1) is 11.3 Å². The molecule has 0 amide bonds. The first kappa shape index (κ1) is 18.2. The zero-order valence-corrected chi connectivity index (χ0v) is 15.7. The molecule has 5 N–H and O–H groups in total. The van der Waals surface area contributed by atoms with E-state index < -0.39 is 0 Å². The van der Waals surface area contributed by atoms with Crippen LogP contribution in [0.15, 0.2) is 65.6 Å². The van der Waals surface area contributed by atoms with Gasteiger partial charge in [-0.1, -0.05) is 18.2 Å². The standard InChI is InChI=1S/C22H18N6O/c1-28(25)19-10-14(5-6-18(19)24)16-11-17-20(29)7-8-26-22(17)27-21(16)15-4-2-3-13(9-15)12-23/h2-11H,24-25H2,1H3,(H,26,27,29). The first-order chi connectivity index (χ1) is 14.0. The minimum Gasteiger partial charge on any atom is -0.397 e. The normalized spacial score (nSPS) is 10.7. The molecule has 0 bridgehead atoms. The predicted octanol–water partition coefficient (Wildman–Crippen LogP) is 3.02. The van der Waals surface area contributed by atoms with Crippen LogP contribution in [0.1, 0.15) is 5.56 Å². The molecular weight excluding hydrogens is 364 g/mol. The van der Waals surface area contributed by atoms with Crippen molar-refractivity contribution in [1.29, 1.82) is 5.26 Å². The van der Waals surface area contributed by atoms with Crippen LogP contribution in [0.25, 0.3) is 33.4 Å². The molecule has 7 heteroatoms. The van der Waals surface area contributed by atoms with Crippen molar-refractivity contribution in [1.82, 2.24) is 9.97 Å².